The van der Waals surface area contributed by atoms with E-state index in [4.69, 9.17) is 4.74 Å². The number of halogens is 1. The van der Waals surface area contributed by atoms with Gasteiger partial charge in [-0.25, -0.2) is 9.18 Å². The Morgan fingerprint density at radius 3 is 2.09 bits per heavy atom. The van der Waals surface area contributed by atoms with E-state index in [1.54, 1.807) is 30.3 Å². The average Bonchev–Trinajstić information content (AvgIpc) is 3.36. The molecule has 5 aromatic carbocycles. The molecule has 0 aliphatic carbocycles. The number of aliphatic hydroxyl groups excluding tert-OH is 1. The third kappa shape index (κ3) is 5.94. The van der Waals surface area contributed by atoms with Crippen LogP contribution in [0.2, 0.25) is 0 Å². The van der Waals surface area contributed by atoms with Crippen molar-refractivity contribution >= 4 is 11.8 Å². The van der Waals surface area contributed by atoms with Crippen LogP contribution in [-0.4, -0.2) is 27.5 Å². The number of phenols is 2. The molecule has 3 N–H and O–H groups in total. The second kappa shape index (κ2) is 12.0. The molecule has 1 amide bonds. The number of benzene rings is 5. The van der Waals surface area contributed by atoms with Crippen LogP contribution >= 0.6 is 0 Å². The first kappa shape index (κ1) is 28.0. The van der Waals surface area contributed by atoms with Gasteiger partial charge in [0.05, 0.1) is 6.10 Å². The van der Waals surface area contributed by atoms with E-state index in [1.807, 2.05) is 66.7 Å². The van der Waals surface area contributed by atoms with E-state index in [0.29, 0.717) is 28.8 Å². The molecule has 1 saturated heterocycles. The summed E-state index contributed by atoms with van der Waals surface area (Å²) in [5.74, 6) is -0.306. The summed E-state index contributed by atoms with van der Waals surface area (Å²) in [5.41, 5.74) is 5.12. The largest absolute Gasteiger partial charge is 0.508 e. The van der Waals surface area contributed by atoms with Gasteiger partial charge in [0.2, 0.25) is 0 Å². The van der Waals surface area contributed by atoms with Gasteiger partial charge in [0, 0.05) is 11.3 Å². The van der Waals surface area contributed by atoms with Crippen LogP contribution in [0.3, 0.4) is 0 Å². The molecule has 1 aliphatic heterocycles. The van der Waals surface area contributed by atoms with Crippen LogP contribution in [0.25, 0.3) is 22.3 Å². The Bertz CT molecular complexity index is 1720. The van der Waals surface area contributed by atoms with Crippen molar-refractivity contribution in [1.82, 2.24) is 0 Å². The number of anilines is 1. The van der Waals surface area contributed by atoms with Crippen molar-refractivity contribution in [3.8, 4) is 33.8 Å². The van der Waals surface area contributed by atoms with Crippen molar-refractivity contribution in [2.75, 3.05) is 4.90 Å². The molecular weight excluding hydrogens is 545 g/mol. The summed E-state index contributed by atoms with van der Waals surface area (Å²) in [6, 6.07) is 34.4. The number of aliphatic hydroxyl groups is 1. The number of rotatable bonds is 8. The number of carbonyl (C=O) groups is 1. The third-order valence-corrected chi connectivity index (χ3v) is 7.84. The fourth-order valence-electron chi connectivity index (χ4n) is 5.63. The zero-order chi connectivity index (χ0) is 29.9. The summed E-state index contributed by atoms with van der Waals surface area (Å²) in [4.78, 5) is 14.9. The molecule has 0 spiro atoms. The normalized spacial score (nSPS) is 17.1. The molecule has 0 saturated carbocycles. The van der Waals surface area contributed by atoms with Gasteiger partial charge in [0.15, 0.2) is 0 Å². The molecule has 0 radical (unpaired) electrons. The highest BCUT2D eigenvalue weighted by Crippen LogP contribution is 2.44. The van der Waals surface area contributed by atoms with Gasteiger partial charge in [-0.1, -0.05) is 78.9 Å². The highest BCUT2D eigenvalue weighted by molar-refractivity contribution is 5.92. The number of aromatic hydroxyl groups is 2. The lowest BCUT2D eigenvalue weighted by Crippen LogP contribution is -2.29. The van der Waals surface area contributed by atoms with Gasteiger partial charge in [0.25, 0.3) is 0 Å². The van der Waals surface area contributed by atoms with Crippen LogP contribution < -0.4 is 4.90 Å². The Morgan fingerprint density at radius 1 is 0.744 bits per heavy atom. The molecule has 1 aliphatic rings. The molecule has 216 valence electrons. The maximum atomic E-state index is 13.4. The molecule has 5 aromatic rings. The van der Waals surface area contributed by atoms with Crippen molar-refractivity contribution in [1.29, 1.82) is 0 Å². The number of cyclic esters (lactones) is 1. The first-order chi connectivity index (χ1) is 20.9. The topological polar surface area (TPSA) is 90.2 Å². The van der Waals surface area contributed by atoms with E-state index in [2.05, 4.69) is 0 Å². The summed E-state index contributed by atoms with van der Waals surface area (Å²) < 4.78 is 19.3. The Morgan fingerprint density at radius 2 is 1.40 bits per heavy atom. The van der Waals surface area contributed by atoms with Crippen molar-refractivity contribution in [3.05, 3.63) is 138 Å². The predicted octanol–water partition coefficient (Wildman–Crippen LogP) is 8.15. The second-order valence-corrected chi connectivity index (χ2v) is 10.6. The Kier molecular flexibility index (Phi) is 7.81. The number of nitrogens with zero attached hydrogens (tertiary/aromatic N) is 1. The fourth-order valence-corrected chi connectivity index (χ4v) is 5.63. The van der Waals surface area contributed by atoms with Gasteiger partial charge in [0.1, 0.15) is 29.5 Å². The van der Waals surface area contributed by atoms with Gasteiger partial charge in [-0.2, -0.15) is 0 Å². The second-order valence-electron chi connectivity index (χ2n) is 10.6. The van der Waals surface area contributed by atoms with Gasteiger partial charge < -0.3 is 20.1 Å². The third-order valence-electron chi connectivity index (χ3n) is 7.84. The Labute approximate surface area is 248 Å². The SMILES string of the molecule is O=C1O[C@H](CCC(O)c2ccc(F)cc2)[C@@H](c2ccc(-c3cccc(O)c3)cc2O)N1c1ccc(-c2ccccc2)cc1. The molecule has 3 atom stereocenters. The van der Waals surface area contributed by atoms with Crippen LogP contribution in [-0.2, 0) is 4.74 Å². The van der Waals surface area contributed by atoms with E-state index in [9.17, 15) is 24.5 Å². The highest BCUT2D eigenvalue weighted by Gasteiger charge is 2.44. The lowest BCUT2D eigenvalue weighted by molar-refractivity contribution is 0.100. The Hall–Kier alpha value is -5.14. The lowest BCUT2D eigenvalue weighted by Gasteiger charge is -2.27. The first-order valence-electron chi connectivity index (χ1n) is 14.1. The average molecular weight is 576 g/mol. The fraction of sp³-hybridized carbons (Fsp3) is 0.139. The zero-order valence-electron chi connectivity index (χ0n) is 23.2. The van der Waals surface area contributed by atoms with Crippen LogP contribution in [0.15, 0.2) is 121 Å². The number of amides is 1. The summed E-state index contributed by atoms with van der Waals surface area (Å²) in [6.45, 7) is 0. The molecule has 7 heteroatoms. The Balaban J connectivity index is 1.33. The predicted molar refractivity (Wildman–Crippen MR) is 163 cm³/mol. The van der Waals surface area contributed by atoms with Gasteiger partial charge in [-0.3, -0.25) is 4.90 Å². The highest BCUT2D eigenvalue weighted by atomic mass is 19.1. The van der Waals surface area contributed by atoms with Gasteiger partial charge in [-0.05, 0) is 83.1 Å². The molecule has 0 aromatic heterocycles. The number of hydrogen-bond acceptors (Lipinski definition) is 5. The molecule has 0 bridgehead atoms. The zero-order valence-corrected chi connectivity index (χ0v) is 23.2. The van der Waals surface area contributed by atoms with Crippen LogP contribution in [0.5, 0.6) is 11.5 Å². The van der Waals surface area contributed by atoms with Crippen molar-refractivity contribution < 1.29 is 29.2 Å². The minimum absolute atomic E-state index is 0.0286. The lowest BCUT2D eigenvalue weighted by atomic mass is 9.92. The molecule has 1 heterocycles. The standard InChI is InChI=1S/C36H30FNO5/c37-28-14-9-25(10-15-28)32(40)19-20-34-35(31-18-13-27(22-33(31)41)26-7-4-8-30(39)21-26)38(36(42)43-34)29-16-11-24(12-17-29)23-5-2-1-3-6-23/h1-18,21-22,32,34-35,39-41H,19-20H2/t32?,34-,35-/m1/s1. The van der Waals surface area contributed by atoms with Crippen LogP contribution in [0.1, 0.15) is 36.1 Å². The van der Waals surface area contributed by atoms with Crippen molar-refractivity contribution in [3.63, 3.8) is 0 Å². The first-order valence-corrected chi connectivity index (χ1v) is 14.1. The summed E-state index contributed by atoms with van der Waals surface area (Å²) in [6.07, 6.45) is -1.59. The van der Waals surface area contributed by atoms with Crippen LogP contribution in [0, 0.1) is 5.82 Å². The van der Waals surface area contributed by atoms with Gasteiger partial charge in [-0.15, -0.1) is 0 Å². The molecule has 1 unspecified atom stereocenters. The number of phenolic OH excluding ortho intramolecular Hbond substituents is 2. The minimum Gasteiger partial charge on any atom is -0.508 e. The van der Waals surface area contributed by atoms with Crippen molar-refractivity contribution in [2.24, 2.45) is 0 Å². The molecular formula is C36H30FNO5. The number of hydrogen-bond donors (Lipinski definition) is 3. The molecule has 6 rings (SSSR count). The summed E-state index contributed by atoms with van der Waals surface area (Å²) in [5, 5.41) is 32.0. The quantitative estimate of drug-likeness (QED) is 0.174. The van der Waals surface area contributed by atoms with E-state index >= 15 is 0 Å². The van der Waals surface area contributed by atoms with E-state index < -0.39 is 24.3 Å². The number of ether oxygens (including phenoxy) is 1. The molecule has 43 heavy (non-hydrogen) atoms. The van der Waals surface area contributed by atoms with Gasteiger partial charge >= 0.3 is 6.09 Å². The summed E-state index contributed by atoms with van der Waals surface area (Å²) in [7, 11) is 0. The molecule has 6 nitrogen and oxygen atoms in total. The van der Waals surface area contributed by atoms with E-state index in [0.717, 1.165) is 16.7 Å². The number of carbonyl (C=O) groups excluding carboxylic acids is 1. The van der Waals surface area contributed by atoms with Crippen LogP contribution in [0.4, 0.5) is 14.9 Å². The van der Waals surface area contributed by atoms with E-state index in [1.165, 1.54) is 29.2 Å². The van der Waals surface area contributed by atoms with E-state index in [-0.39, 0.29) is 23.7 Å². The maximum absolute atomic E-state index is 13.4. The monoisotopic (exact) mass is 575 g/mol. The molecule has 1 fully saturated rings. The minimum atomic E-state index is -0.888. The smallest absolute Gasteiger partial charge is 0.415 e. The summed E-state index contributed by atoms with van der Waals surface area (Å²) >= 11 is 0. The van der Waals surface area contributed by atoms with Crippen molar-refractivity contribution in [2.45, 2.75) is 31.1 Å². The maximum Gasteiger partial charge on any atom is 0.415 e.